The van der Waals surface area contributed by atoms with Crippen LogP contribution in [0.4, 0.5) is 13.2 Å². The van der Waals surface area contributed by atoms with Gasteiger partial charge < -0.3 is 20.6 Å². The van der Waals surface area contributed by atoms with E-state index in [0.29, 0.717) is 18.9 Å². The van der Waals surface area contributed by atoms with Crippen LogP contribution in [0.5, 0.6) is 5.75 Å². The van der Waals surface area contributed by atoms with Crippen molar-refractivity contribution < 1.29 is 27.9 Å². The highest BCUT2D eigenvalue weighted by Crippen LogP contribution is 2.35. The predicted molar refractivity (Wildman–Crippen MR) is 144 cm³/mol. The first-order chi connectivity index (χ1) is 18.7. The lowest BCUT2D eigenvalue weighted by Gasteiger charge is -2.28. The van der Waals surface area contributed by atoms with Crippen molar-refractivity contribution in [3.05, 3.63) is 53.6 Å². The Morgan fingerprint density at radius 2 is 1.69 bits per heavy atom. The Labute approximate surface area is 228 Å². The van der Waals surface area contributed by atoms with Gasteiger partial charge in [0.2, 0.25) is 5.91 Å². The number of likely N-dealkylation sites (tertiary alicyclic amines) is 1. The Bertz CT molecular complexity index is 1130. The smallest absolute Gasteiger partial charge is 0.416 e. The second kappa shape index (κ2) is 13.3. The summed E-state index contributed by atoms with van der Waals surface area (Å²) in [4.78, 5) is 28.8. The van der Waals surface area contributed by atoms with E-state index in [1.54, 1.807) is 0 Å². The van der Waals surface area contributed by atoms with Gasteiger partial charge in [0.25, 0.3) is 5.91 Å². The molecule has 2 aromatic rings. The molecule has 39 heavy (non-hydrogen) atoms. The number of carbonyl (C=O) groups is 2. The first-order valence-electron chi connectivity index (χ1n) is 14.0. The van der Waals surface area contributed by atoms with E-state index in [2.05, 4.69) is 15.5 Å². The molecule has 4 rings (SSSR count). The number of halogens is 3. The number of phenols is 1. The van der Waals surface area contributed by atoms with Crippen molar-refractivity contribution in [3.8, 4) is 16.9 Å². The summed E-state index contributed by atoms with van der Waals surface area (Å²) in [5, 5.41) is 16.3. The normalized spacial score (nSPS) is 17.9. The van der Waals surface area contributed by atoms with E-state index in [1.807, 2.05) is 0 Å². The van der Waals surface area contributed by atoms with Gasteiger partial charge in [-0.2, -0.15) is 13.2 Å². The highest BCUT2D eigenvalue weighted by atomic mass is 19.4. The Balaban J connectivity index is 1.47. The number of piperidine rings is 1. The zero-order chi connectivity index (χ0) is 27.8. The summed E-state index contributed by atoms with van der Waals surface area (Å²) in [7, 11) is 0. The minimum atomic E-state index is -4.53. The van der Waals surface area contributed by atoms with E-state index in [0.717, 1.165) is 57.5 Å². The van der Waals surface area contributed by atoms with Gasteiger partial charge in [-0.3, -0.25) is 9.59 Å². The quantitative estimate of drug-likeness (QED) is 0.375. The van der Waals surface area contributed by atoms with Crippen molar-refractivity contribution in [3.63, 3.8) is 0 Å². The van der Waals surface area contributed by atoms with Crippen LogP contribution in [0.1, 0.15) is 73.7 Å². The molecule has 1 atom stereocenters. The SMILES string of the molecule is O=C(N[C@@H](CC1CCCCC1)C(=O)NCCN1CCCCC1)c1ccc(O)c(-c2cccc(C(F)(F)F)c2)c1. The molecule has 0 radical (unpaired) electrons. The van der Waals surface area contributed by atoms with E-state index in [9.17, 15) is 27.9 Å². The van der Waals surface area contributed by atoms with Crippen molar-refractivity contribution in [2.24, 2.45) is 5.92 Å². The molecule has 0 unspecified atom stereocenters. The minimum absolute atomic E-state index is 0.114. The predicted octanol–water partition coefficient (Wildman–Crippen LogP) is 5.75. The van der Waals surface area contributed by atoms with Gasteiger partial charge in [0.15, 0.2) is 0 Å². The summed E-state index contributed by atoms with van der Waals surface area (Å²) < 4.78 is 39.7. The van der Waals surface area contributed by atoms with Crippen LogP contribution in [0, 0.1) is 5.92 Å². The van der Waals surface area contributed by atoms with E-state index in [1.165, 1.54) is 56.0 Å². The third-order valence-corrected chi connectivity index (χ3v) is 7.85. The fourth-order valence-corrected chi connectivity index (χ4v) is 5.64. The van der Waals surface area contributed by atoms with Gasteiger partial charge in [-0.25, -0.2) is 0 Å². The van der Waals surface area contributed by atoms with Gasteiger partial charge in [-0.05, 0) is 74.2 Å². The summed E-state index contributed by atoms with van der Waals surface area (Å²) in [6.45, 7) is 3.35. The number of alkyl halides is 3. The first-order valence-corrected chi connectivity index (χ1v) is 14.0. The summed E-state index contributed by atoms with van der Waals surface area (Å²) >= 11 is 0. The number of hydrogen-bond acceptors (Lipinski definition) is 4. The molecule has 2 aromatic carbocycles. The van der Waals surface area contributed by atoms with Gasteiger partial charge in [-0.1, -0.05) is 50.7 Å². The average Bonchev–Trinajstić information content (AvgIpc) is 2.93. The number of aromatic hydroxyl groups is 1. The number of nitrogens with one attached hydrogen (secondary N) is 2. The van der Waals surface area contributed by atoms with E-state index in [-0.39, 0.29) is 28.3 Å². The van der Waals surface area contributed by atoms with Crippen molar-refractivity contribution >= 4 is 11.8 Å². The summed E-state index contributed by atoms with van der Waals surface area (Å²) in [5.74, 6) is -0.615. The maximum Gasteiger partial charge on any atom is 0.416 e. The molecule has 2 amide bonds. The van der Waals surface area contributed by atoms with Gasteiger partial charge in [-0.15, -0.1) is 0 Å². The minimum Gasteiger partial charge on any atom is -0.507 e. The lowest BCUT2D eigenvalue weighted by atomic mass is 9.84. The van der Waals surface area contributed by atoms with Gasteiger partial charge in [0.1, 0.15) is 11.8 Å². The van der Waals surface area contributed by atoms with Crippen LogP contribution < -0.4 is 10.6 Å². The first kappa shape index (κ1) is 28.9. The van der Waals surface area contributed by atoms with Gasteiger partial charge in [0, 0.05) is 24.2 Å². The molecule has 3 N–H and O–H groups in total. The highest BCUT2D eigenvalue weighted by molar-refractivity contribution is 5.99. The molecule has 2 aliphatic rings. The van der Waals surface area contributed by atoms with Crippen LogP contribution in [0.2, 0.25) is 0 Å². The summed E-state index contributed by atoms with van der Waals surface area (Å²) in [6.07, 6.45) is 5.03. The largest absolute Gasteiger partial charge is 0.507 e. The van der Waals surface area contributed by atoms with Gasteiger partial charge in [0.05, 0.1) is 5.56 Å². The Morgan fingerprint density at radius 1 is 0.974 bits per heavy atom. The molecule has 1 saturated heterocycles. The number of carbonyl (C=O) groups excluding carboxylic acids is 2. The molecule has 9 heteroatoms. The van der Waals surface area contributed by atoms with E-state index < -0.39 is 23.7 Å². The molecule has 1 heterocycles. The average molecular weight is 546 g/mol. The van der Waals surface area contributed by atoms with Gasteiger partial charge >= 0.3 is 6.18 Å². The van der Waals surface area contributed by atoms with Crippen LogP contribution in [0.25, 0.3) is 11.1 Å². The fraction of sp³-hybridized carbons (Fsp3) is 0.533. The summed E-state index contributed by atoms with van der Waals surface area (Å²) in [6, 6.07) is 7.97. The highest BCUT2D eigenvalue weighted by Gasteiger charge is 2.31. The maximum absolute atomic E-state index is 13.3. The Morgan fingerprint density at radius 3 is 2.41 bits per heavy atom. The molecule has 0 spiro atoms. The van der Waals surface area contributed by atoms with E-state index >= 15 is 0 Å². The van der Waals surface area contributed by atoms with Crippen molar-refractivity contribution in [2.45, 2.75) is 70.0 Å². The molecule has 1 saturated carbocycles. The lowest BCUT2D eigenvalue weighted by molar-refractivity contribution is -0.137. The third-order valence-electron chi connectivity index (χ3n) is 7.85. The monoisotopic (exact) mass is 545 g/mol. The molecule has 2 fully saturated rings. The zero-order valence-electron chi connectivity index (χ0n) is 22.2. The number of nitrogens with zero attached hydrogens (tertiary/aromatic N) is 1. The number of hydrogen-bond donors (Lipinski definition) is 3. The molecule has 0 bridgehead atoms. The van der Waals surface area contributed by atoms with Crippen LogP contribution in [-0.2, 0) is 11.0 Å². The second-order valence-corrected chi connectivity index (χ2v) is 10.8. The van der Waals surface area contributed by atoms with Crippen LogP contribution in [0.3, 0.4) is 0 Å². The Hall–Kier alpha value is -3.07. The number of amides is 2. The molecule has 212 valence electrons. The second-order valence-electron chi connectivity index (χ2n) is 10.8. The molecule has 1 aliphatic heterocycles. The topological polar surface area (TPSA) is 81.7 Å². The molecule has 0 aromatic heterocycles. The van der Waals surface area contributed by atoms with E-state index in [4.69, 9.17) is 0 Å². The third kappa shape index (κ3) is 8.21. The standard InChI is InChI=1S/C30H38F3N3O3/c31-30(32,33)24-11-7-10-22(19-24)25-20-23(12-13-27(25)37)28(38)35-26(18-21-8-3-1-4-9-21)29(39)34-14-17-36-15-5-2-6-16-36/h7,10-13,19-21,26,37H,1-6,8-9,14-18H2,(H,34,39)(H,35,38)/t26-/m0/s1. The van der Waals surface area contributed by atoms with Crippen LogP contribution in [0.15, 0.2) is 42.5 Å². The van der Waals surface area contributed by atoms with Crippen LogP contribution in [-0.4, -0.2) is 54.0 Å². The number of benzene rings is 2. The molecular formula is C30H38F3N3O3. The van der Waals surface area contributed by atoms with Crippen molar-refractivity contribution in [1.29, 1.82) is 0 Å². The van der Waals surface area contributed by atoms with Crippen molar-refractivity contribution in [1.82, 2.24) is 15.5 Å². The number of rotatable bonds is 9. The maximum atomic E-state index is 13.3. The lowest BCUT2D eigenvalue weighted by Crippen LogP contribution is -2.49. The Kier molecular flexibility index (Phi) is 9.88. The molecule has 6 nitrogen and oxygen atoms in total. The fourth-order valence-electron chi connectivity index (χ4n) is 5.64. The molecular weight excluding hydrogens is 507 g/mol. The van der Waals surface area contributed by atoms with Crippen LogP contribution >= 0.6 is 0 Å². The van der Waals surface area contributed by atoms with Crippen molar-refractivity contribution in [2.75, 3.05) is 26.2 Å². The zero-order valence-corrected chi connectivity index (χ0v) is 22.2. The summed E-state index contributed by atoms with van der Waals surface area (Å²) in [5.41, 5.74) is -0.423. The molecule has 1 aliphatic carbocycles. The number of phenolic OH excluding ortho intramolecular Hbond substituents is 1.